The standard InChI is InChI=1S/C16H26O5/c1-9-5-6-12-10(2)13(17-4)18-14-16(12)11(9)7-8-15(3,19-14)20-21-16/h9-14H,5-8H2,1-4H3/t9-,10-,11?,12+,13+,14-,15-,16-/m1/s1. The Morgan fingerprint density at radius 1 is 1.05 bits per heavy atom. The van der Waals surface area contributed by atoms with Crippen LogP contribution in [0.15, 0.2) is 0 Å². The molecule has 0 amide bonds. The summed E-state index contributed by atoms with van der Waals surface area (Å²) in [7, 11) is 1.70. The van der Waals surface area contributed by atoms with Crippen molar-refractivity contribution in [2.24, 2.45) is 23.7 Å². The van der Waals surface area contributed by atoms with Gasteiger partial charge in [-0.25, -0.2) is 9.78 Å². The van der Waals surface area contributed by atoms with Crippen molar-refractivity contribution in [3.05, 3.63) is 0 Å². The van der Waals surface area contributed by atoms with Crippen LogP contribution in [0.5, 0.6) is 0 Å². The summed E-state index contributed by atoms with van der Waals surface area (Å²) >= 11 is 0. The van der Waals surface area contributed by atoms with E-state index in [-0.39, 0.29) is 12.2 Å². The topological polar surface area (TPSA) is 46.2 Å². The largest absolute Gasteiger partial charge is 0.355 e. The average molecular weight is 298 g/mol. The van der Waals surface area contributed by atoms with Crippen LogP contribution in [0.25, 0.3) is 0 Å². The molecule has 8 atom stereocenters. The summed E-state index contributed by atoms with van der Waals surface area (Å²) in [5.41, 5.74) is -0.470. The number of fused-ring (bicyclic) bond motifs is 2. The molecule has 2 bridgehead atoms. The first-order chi connectivity index (χ1) is 10.00. The fourth-order valence-corrected chi connectivity index (χ4v) is 5.14. The van der Waals surface area contributed by atoms with Gasteiger partial charge in [-0.2, -0.15) is 0 Å². The normalized spacial score (nSPS) is 59.4. The van der Waals surface area contributed by atoms with Gasteiger partial charge in [-0.15, -0.1) is 0 Å². The van der Waals surface area contributed by atoms with E-state index in [0.29, 0.717) is 17.8 Å². The maximum absolute atomic E-state index is 6.21. The second-order valence-corrected chi connectivity index (χ2v) is 7.51. The lowest BCUT2D eigenvalue weighted by molar-refractivity contribution is -0.577. The summed E-state index contributed by atoms with van der Waals surface area (Å²) < 4.78 is 17.9. The zero-order valence-corrected chi connectivity index (χ0v) is 13.3. The van der Waals surface area contributed by atoms with E-state index in [2.05, 4.69) is 13.8 Å². The van der Waals surface area contributed by atoms with Gasteiger partial charge >= 0.3 is 0 Å². The minimum absolute atomic E-state index is 0.230. The van der Waals surface area contributed by atoms with E-state index in [0.717, 1.165) is 19.3 Å². The first-order valence-electron chi connectivity index (χ1n) is 8.23. The summed E-state index contributed by atoms with van der Waals surface area (Å²) in [4.78, 5) is 11.8. The van der Waals surface area contributed by atoms with Crippen molar-refractivity contribution in [2.45, 2.75) is 70.4 Å². The van der Waals surface area contributed by atoms with Crippen molar-refractivity contribution in [1.29, 1.82) is 0 Å². The molecule has 4 heterocycles. The Balaban J connectivity index is 1.79. The minimum atomic E-state index is -0.698. The molecule has 5 fully saturated rings. The highest BCUT2D eigenvalue weighted by Gasteiger charge is 2.69. The molecule has 5 rings (SSSR count). The summed E-state index contributed by atoms with van der Waals surface area (Å²) in [6, 6.07) is 0. The molecule has 4 aliphatic heterocycles. The number of hydrogen-bond acceptors (Lipinski definition) is 5. The van der Waals surface area contributed by atoms with Crippen LogP contribution >= 0.6 is 0 Å². The van der Waals surface area contributed by atoms with Crippen LogP contribution < -0.4 is 0 Å². The van der Waals surface area contributed by atoms with Crippen molar-refractivity contribution in [1.82, 2.24) is 0 Å². The molecule has 0 radical (unpaired) electrons. The third kappa shape index (κ3) is 1.81. The molecule has 0 aromatic carbocycles. The predicted molar refractivity (Wildman–Crippen MR) is 73.8 cm³/mol. The first kappa shape index (κ1) is 14.4. The van der Waals surface area contributed by atoms with Gasteiger partial charge < -0.3 is 14.2 Å². The molecule has 5 aliphatic rings. The summed E-state index contributed by atoms with van der Waals surface area (Å²) in [5.74, 6) is 0.953. The van der Waals surface area contributed by atoms with Crippen molar-refractivity contribution < 1.29 is 24.0 Å². The molecular formula is C16H26O5. The maximum atomic E-state index is 6.21. The number of rotatable bonds is 1. The van der Waals surface area contributed by atoms with Crippen LogP contribution in [-0.2, 0) is 24.0 Å². The van der Waals surface area contributed by atoms with E-state index in [1.165, 1.54) is 6.42 Å². The summed E-state index contributed by atoms with van der Waals surface area (Å²) in [5, 5.41) is 0. The van der Waals surface area contributed by atoms with Gasteiger partial charge in [0.1, 0.15) is 0 Å². The van der Waals surface area contributed by atoms with E-state index >= 15 is 0 Å². The molecule has 1 unspecified atom stereocenters. The monoisotopic (exact) mass is 298 g/mol. The quantitative estimate of drug-likeness (QED) is 0.697. The van der Waals surface area contributed by atoms with Crippen LogP contribution in [0, 0.1) is 23.7 Å². The third-order valence-corrected chi connectivity index (χ3v) is 6.33. The molecule has 21 heavy (non-hydrogen) atoms. The highest BCUT2D eigenvalue weighted by Crippen LogP contribution is 2.60. The zero-order valence-electron chi connectivity index (χ0n) is 13.3. The number of methoxy groups -OCH3 is 1. The first-order valence-corrected chi connectivity index (χ1v) is 8.23. The van der Waals surface area contributed by atoms with E-state index in [1.807, 2.05) is 6.92 Å². The van der Waals surface area contributed by atoms with Gasteiger partial charge in [0.2, 0.25) is 5.79 Å². The van der Waals surface area contributed by atoms with E-state index in [9.17, 15) is 0 Å². The Labute approximate surface area is 126 Å². The van der Waals surface area contributed by atoms with E-state index in [4.69, 9.17) is 24.0 Å². The molecule has 1 saturated carbocycles. The SMILES string of the molecule is CO[C@H]1O[C@@H]2O[C@@]3(C)CCC4[C@H](C)CC[C@@H]([C@H]1C)[C@]42OO3. The van der Waals surface area contributed by atoms with Crippen LogP contribution in [0.1, 0.15) is 46.5 Å². The molecule has 5 nitrogen and oxygen atoms in total. The van der Waals surface area contributed by atoms with Gasteiger partial charge in [-0.05, 0) is 38.0 Å². The fourth-order valence-electron chi connectivity index (χ4n) is 5.14. The minimum Gasteiger partial charge on any atom is -0.355 e. The molecule has 120 valence electrons. The molecule has 4 saturated heterocycles. The molecule has 0 aromatic rings. The van der Waals surface area contributed by atoms with Gasteiger partial charge in [-0.1, -0.05) is 13.8 Å². The molecule has 0 N–H and O–H groups in total. The van der Waals surface area contributed by atoms with Gasteiger partial charge in [0.15, 0.2) is 18.2 Å². The Kier molecular flexibility index (Phi) is 3.19. The predicted octanol–water partition coefficient (Wildman–Crippen LogP) is 2.84. The van der Waals surface area contributed by atoms with Crippen molar-refractivity contribution in [2.75, 3.05) is 7.11 Å². The Bertz CT molecular complexity index is 429. The average Bonchev–Trinajstić information content (AvgIpc) is 2.69. The molecule has 1 spiro atoms. The highest BCUT2D eigenvalue weighted by atomic mass is 17.3. The second kappa shape index (κ2) is 4.65. The van der Waals surface area contributed by atoms with Gasteiger partial charge in [-0.3, -0.25) is 0 Å². The van der Waals surface area contributed by atoms with E-state index < -0.39 is 17.7 Å². The van der Waals surface area contributed by atoms with Gasteiger partial charge in [0.25, 0.3) is 0 Å². The van der Waals surface area contributed by atoms with Crippen LogP contribution in [0.3, 0.4) is 0 Å². The van der Waals surface area contributed by atoms with Crippen LogP contribution in [-0.4, -0.2) is 31.1 Å². The number of hydrogen-bond donors (Lipinski definition) is 0. The second-order valence-electron chi connectivity index (χ2n) is 7.51. The molecular weight excluding hydrogens is 272 g/mol. The van der Waals surface area contributed by atoms with Crippen LogP contribution in [0.2, 0.25) is 0 Å². The van der Waals surface area contributed by atoms with Gasteiger partial charge in [0.05, 0.1) is 0 Å². The lowest BCUT2D eigenvalue weighted by Gasteiger charge is -2.60. The number of ether oxygens (including phenoxy) is 3. The Morgan fingerprint density at radius 2 is 1.86 bits per heavy atom. The summed E-state index contributed by atoms with van der Waals surface area (Å²) in [6.45, 7) is 6.46. The molecule has 1 aliphatic carbocycles. The van der Waals surface area contributed by atoms with Crippen molar-refractivity contribution in [3.63, 3.8) is 0 Å². The molecule has 0 aromatic heterocycles. The maximum Gasteiger partial charge on any atom is 0.201 e. The highest BCUT2D eigenvalue weighted by molar-refractivity contribution is 5.08. The van der Waals surface area contributed by atoms with Crippen molar-refractivity contribution in [3.8, 4) is 0 Å². The smallest absolute Gasteiger partial charge is 0.201 e. The third-order valence-electron chi connectivity index (χ3n) is 6.33. The Morgan fingerprint density at radius 3 is 2.62 bits per heavy atom. The van der Waals surface area contributed by atoms with Crippen LogP contribution in [0.4, 0.5) is 0 Å². The van der Waals surface area contributed by atoms with E-state index in [1.54, 1.807) is 7.11 Å². The summed E-state index contributed by atoms with van der Waals surface area (Å²) in [6.07, 6.45) is 3.64. The fraction of sp³-hybridized carbons (Fsp3) is 1.00. The lowest BCUT2D eigenvalue weighted by atomic mass is 9.58. The zero-order chi connectivity index (χ0) is 14.8. The van der Waals surface area contributed by atoms with Gasteiger partial charge in [0, 0.05) is 25.4 Å². The molecule has 5 heteroatoms. The lowest BCUT2D eigenvalue weighted by Crippen LogP contribution is -2.70. The Hall–Kier alpha value is -0.200. The van der Waals surface area contributed by atoms with Crippen molar-refractivity contribution >= 4 is 0 Å².